The molecule has 0 aliphatic heterocycles. The number of ether oxygens (including phenoxy) is 1. The van der Waals surface area contributed by atoms with Gasteiger partial charge in [-0.15, -0.1) is 0 Å². The fourth-order valence-corrected chi connectivity index (χ4v) is 3.36. The average Bonchev–Trinajstić information content (AvgIpc) is 2.72. The molecule has 0 unspecified atom stereocenters. The number of rotatable bonds is 7. The molecule has 28 heavy (non-hydrogen) atoms. The third-order valence-corrected chi connectivity index (χ3v) is 5.03. The van der Waals surface area contributed by atoms with Crippen LogP contribution in [0.5, 0.6) is 0 Å². The summed E-state index contributed by atoms with van der Waals surface area (Å²) in [5.41, 5.74) is 0.991. The molecule has 1 aliphatic carbocycles. The van der Waals surface area contributed by atoms with Crippen LogP contribution >= 0.6 is 0 Å². The zero-order valence-electron chi connectivity index (χ0n) is 16.6. The third kappa shape index (κ3) is 6.11. The van der Waals surface area contributed by atoms with Crippen molar-refractivity contribution in [2.24, 2.45) is 5.92 Å². The second kappa shape index (κ2) is 9.92. The maximum absolute atomic E-state index is 11.9. The number of carbonyl (C=O) groups is 1. The molecule has 1 fully saturated rings. The first-order valence-corrected chi connectivity index (χ1v) is 9.81. The molecule has 3 rings (SSSR count). The van der Waals surface area contributed by atoms with E-state index in [1.807, 2.05) is 55.4 Å². The number of carbonyl (C=O) groups excluding carboxylic acids is 1. The van der Waals surface area contributed by atoms with E-state index in [0.29, 0.717) is 31.1 Å². The molecule has 150 valence electrons. The van der Waals surface area contributed by atoms with Crippen molar-refractivity contribution in [3.05, 3.63) is 48.2 Å². The lowest BCUT2D eigenvalue weighted by Crippen LogP contribution is -2.34. The first-order chi connectivity index (χ1) is 13.6. The molecule has 0 spiro atoms. The second-order valence-electron chi connectivity index (χ2n) is 7.44. The Hall–Kier alpha value is -2.83. The predicted octanol–water partition coefficient (Wildman–Crippen LogP) is 3.44. The summed E-state index contributed by atoms with van der Waals surface area (Å²) in [7, 11) is 3.93. The summed E-state index contributed by atoms with van der Waals surface area (Å²) in [6, 6.07) is 12.0. The molecule has 0 atom stereocenters. The SMILES string of the molecule is CN(C)c1ccnc(N[C@H]2CC[C@@H](CNC(=O)OCc3ccccc3)CC2)n1. The van der Waals surface area contributed by atoms with E-state index in [9.17, 15) is 4.79 Å². The van der Waals surface area contributed by atoms with Gasteiger partial charge >= 0.3 is 6.09 Å². The van der Waals surface area contributed by atoms with Crippen molar-refractivity contribution in [2.45, 2.75) is 38.3 Å². The van der Waals surface area contributed by atoms with Gasteiger partial charge in [0, 0.05) is 32.9 Å². The van der Waals surface area contributed by atoms with E-state index < -0.39 is 0 Å². The van der Waals surface area contributed by atoms with Crippen LogP contribution in [0.1, 0.15) is 31.2 Å². The molecule has 0 radical (unpaired) electrons. The van der Waals surface area contributed by atoms with Crippen LogP contribution in [0.25, 0.3) is 0 Å². The van der Waals surface area contributed by atoms with Crippen molar-refractivity contribution in [3.63, 3.8) is 0 Å². The maximum Gasteiger partial charge on any atom is 0.407 e. The van der Waals surface area contributed by atoms with Crippen LogP contribution in [0.4, 0.5) is 16.6 Å². The summed E-state index contributed by atoms with van der Waals surface area (Å²) in [5.74, 6) is 2.05. The molecule has 1 aromatic carbocycles. The van der Waals surface area contributed by atoms with Gasteiger partial charge in [-0.3, -0.25) is 0 Å². The summed E-state index contributed by atoms with van der Waals surface area (Å²) in [4.78, 5) is 22.7. The highest BCUT2D eigenvalue weighted by molar-refractivity contribution is 5.67. The van der Waals surface area contributed by atoms with Crippen LogP contribution in [0.3, 0.4) is 0 Å². The van der Waals surface area contributed by atoms with Gasteiger partial charge in [-0.25, -0.2) is 9.78 Å². The highest BCUT2D eigenvalue weighted by Crippen LogP contribution is 2.25. The zero-order chi connectivity index (χ0) is 19.8. The quantitative estimate of drug-likeness (QED) is 0.762. The molecule has 1 amide bonds. The van der Waals surface area contributed by atoms with Crippen molar-refractivity contribution < 1.29 is 9.53 Å². The van der Waals surface area contributed by atoms with Crippen molar-refractivity contribution in [3.8, 4) is 0 Å². The van der Waals surface area contributed by atoms with E-state index in [2.05, 4.69) is 20.6 Å². The van der Waals surface area contributed by atoms with Crippen LogP contribution in [-0.2, 0) is 11.3 Å². The van der Waals surface area contributed by atoms with Gasteiger partial charge in [-0.1, -0.05) is 30.3 Å². The normalized spacial score (nSPS) is 18.9. The van der Waals surface area contributed by atoms with Crippen molar-refractivity contribution in [2.75, 3.05) is 30.9 Å². The number of anilines is 2. The number of nitrogens with zero attached hydrogens (tertiary/aromatic N) is 3. The summed E-state index contributed by atoms with van der Waals surface area (Å²) in [6.45, 7) is 0.961. The Bertz CT molecular complexity index is 745. The van der Waals surface area contributed by atoms with E-state index >= 15 is 0 Å². The summed E-state index contributed by atoms with van der Waals surface area (Å²) >= 11 is 0. The second-order valence-corrected chi connectivity index (χ2v) is 7.44. The molecular weight excluding hydrogens is 354 g/mol. The fourth-order valence-electron chi connectivity index (χ4n) is 3.36. The fraction of sp³-hybridized carbons (Fsp3) is 0.476. The van der Waals surface area contributed by atoms with Gasteiger partial charge in [0.15, 0.2) is 0 Å². The minimum Gasteiger partial charge on any atom is -0.445 e. The third-order valence-electron chi connectivity index (χ3n) is 5.03. The van der Waals surface area contributed by atoms with Gasteiger partial charge in [0.25, 0.3) is 0 Å². The van der Waals surface area contributed by atoms with Crippen LogP contribution < -0.4 is 15.5 Å². The first-order valence-electron chi connectivity index (χ1n) is 9.81. The Kier molecular flexibility index (Phi) is 7.06. The summed E-state index contributed by atoms with van der Waals surface area (Å²) in [6.07, 6.45) is 5.63. The average molecular weight is 383 g/mol. The molecular formula is C21H29N5O2. The van der Waals surface area contributed by atoms with Crippen LogP contribution in [0, 0.1) is 5.92 Å². The number of alkyl carbamates (subject to hydrolysis) is 1. The largest absolute Gasteiger partial charge is 0.445 e. The Morgan fingerprint density at radius 1 is 1.14 bits per heavy atom. The molecule has 0 bridgehead atoms. The van der Waals surface area contributed by atoms with Gasteiger partial charge in [-0.2, -0.15) is 4.98 Å². The standard InChI is InChI=1S/C21H29N5O2/c1-26(2)19-12-13-22-20(25-19)24-18-10-8-16(9-11-18)14-23-21(27)28-15-17-6-4-3-5-7-17/h3-7,12-13,16,18H,8-11,14-15H2,1-2H3,(H,23,27)(H,22,24,25)/t16-,18+. The Morgan fingerprint density at radius 3 is 2.61 bits per heavy atom. The smallest absolute Gasteiger partial charge is 0.407 e. The number of aromatic nitrogens is 2. The van der Waals surface area contributed by atoms with Gasteiger partial charge < -0.3 is 20.3 Å². The van der Waals surface area contributed by atoms with E-state index in [1.54, 1.807) is 6.20 Å². The van der Waals surface area contributed by atoms with Crippen LogP contribution in [0.2, 0.25) is 0 Å². The molecule has 2 N–H and O–H groups in total. The zero-order valence-corrected chi connectivity index (χ0v) is 16.6. The van der Waals surface area contributed by atoms with Crippen molar-refractivity contribution in [1.29, 1.82) is 0 Å². The lowest BCUT2D eigenvalue weighted by Gasteiger charge is -2.29. The summed E-state index contributed by atoms with van der Waals surface area (Å²) < 4.78 is 5.27. The van der Waals surface area contributed by atoms with Crippen LogP contribution in [-0.4, -0.2) is 42.7 Å². The number of hydrogen-bond acceptors (Lipinski definition) is 6. The Morgan fingerprint density at radius 2 is 1.89 bits per heavy atom. The molecule has 1 aromatic heterocycles. The predicted molar refractivity (Wildman–Crippen MR) is 110 cm³/mol. The van der Waals surface area contributed by atoms with Crippen molar-refractivity contribution in [1.82, 2.24) is 15.3 Å². The van der Waals surface area contributed by atoms with E-state index in [-0.39, 0.29) is 6.09 Å². The van der Waals surface area contributed by atoms with Gasteiger partial charge in [0.2, 0.25) is 5.95 Å². The minimum absolute atomic E-state index is 0.301. The lowest BCUT2D eigenvalue weighted by atomic mass is 9.86. The topological polar surface area (TPSA) is 79.4 Å². The molecule has 1 aliphatic rings. The van der Waals surface area contributed by atoms with E-state index in [0.717, 1.165) is 37.1 Å². The molecule has 7 nitrogen and oxygen atoms in total. The van der Waals surface area contributed by atoms with Crippen molar-refractivity contribution >= 4 is 17.9 Å². The van der Waals surface area contributed by atoms with Crippen LogP contribution in [0.15, 0.2) is 42.6 Å². The number of nitrogens with one attached hydrogen (secondary N) is 2. The number of benzene rings is 1. The van der Waals surface area contributed by atoms with E-state index in [1.165, 1.54) is 0 Å². The molecule has 0 saturated heterocycles. The highest BCUT2D eigenvalue weighted by atomic mass is 16.5. The number of hydrogen-bond donors (Lipinski definition) is 2. The molecule has 2 aromatic rings. The Balaban J connectivity index is 1.35. The van der Waals surface area contributed by atoms with Gasteiger partial charge in [0.1, 0.15) is 12.4 Å². The maximum atomic E-state index is 11.9. The van der Waals surface area contributed by atoms with Gasteiger partial charge in [0.05, 0.1) is 0 Å². The molecule has 1 heterocycles. The number of amides is 1. The van der Waals surface area contributed by atoms with E-state index in [4.69, 9.17) is 4.74 Å². The first kappa shape index (κ1) is 19.9. The van der Waals surface area contributed by atoms with Gasteiger partial charge in [-0.05, 0) is 43.2 Å². The minimum atomic E-state index is -0.349. The Labute approximate surface area is 166 Å². The lowest BCUT2D eigenvalue weighted by molar-refractivity contribution is 0.136. The molecule has 7 heteroatoms. The molecule has 1 saturated carbocycles. The monoisotopic (exact) mass is 383 g/mol. The highest BCUT2D eigenvalue weighted by Gasteiger charge is 2.22. The summed E-state index contributed by atoms with van der Waals surface area (Å²) in [5, 5.41) is 6.33.